The van der Waals surface area contributed by atoms with E-state index in [9.17, 15) is 4.79 Å². The van der Waals surface area contributed by atoms with Crippen LogP contribution in [0.15, 0.2) is 6.20 Å². The van der Waals surface area contributed by atoms with Crippen LogP contribution in [0, 0.1) is 12.8 Å². The molecule has 0 saturated carbocycles. The van der Waals surface area contributed by atoms with E-state index in [2.05, 4.69) is 10.4 Å². The molecule has 0 bridgehead atoms. The average molecular weight is 254 g/mol. The van der Waals surface area contributed by atoms with E-state index in [0.717, 1.165) is 12.1 Å². The van der Waals surface area contributed by atoms with Crippen LogP contribution in [0.5, 0.6) is 0 Å². The summed E-state index contributed by atoms with van der Waals surface area (Å²) >= 11 is 4.91. The quantitative estimate of drug-likeness (QED) is 0.778. The van der Waals surface area contributed by atoms with E-state index in [4.69, 9.17) is 18.0 Å². The summed E-state index contributed by atoms with van der Waals surface area (Å²) in [6.07, 6.45) is 3.29. The molecule has 1 aromatic heterocycles. The van der Waals surface area contributed by atoms with E-state index in [1.807, 2.05) is 13.8 Å². The van der Waals surface area contributed by atoms with Crippen LogP contribution in [0.25, 0.3) is 0 Å². The number of nitrogens with zero attached hydrogens (tertiary/aromatic N) is 2. The highest BCUT2D eigenvalue weighted by molar-refractivity contribution is 7.80. The predicted molar refractivity (Wildman–Crippen MR) is 71.8 cm³/mol. The summed E-state index contributed by atoms with van der Waals surface area (Å²) < 4.78 is 1.65. The molecule has 0 aliphatic carbocycles. The Labute approximate surface area is 106 Å². The van der Waals surface area contributed by atoms with Crippen LogP contribution < -0.4 is 11.1 Å². The molecule has 17 heavy (non-hydrogen) atoms. The average Bonchev–Trinajstić information content (AvgIpc) is 2.53. The van der Waals surface area contributed by atoms with Crippen LogP contribution in [0.4, 0.5) is 5.69 Å². The highest BCUT2D eigenvalue weighted by Gasteiger charge is 2.21. The fourth-order valence-corrected chi connectivity index (χ4v) is 1.86. The summed E-state index contributed by atoms with van der Waals surface area (Å²) in [7, 11) is 1.81. The second kappa shape index (κ2) is 5.77. The van der Waals surface area contributed by atoms with E-state index >= 15 is 0 Å². The highest BCUT2D eigenvalue weighted by Crippen LogP contribution is 2.15. The van der Waals surface area contributed by atoms with Gasteiger partial charge in [0.1, 0.15) is 0 Å². The number of aryl methyl sites for hydroxylation is 2. The third-order valence-electron chi connectivity index (χ3n) is 2.51. The largest absolute Gasteiger partial charge is 0.393 e. The van der Waals surface area contributed by atoms with Crippen molar-refractivity contribution in [2.24, 2.45) is 18.7 Å². The first kappa shape index (κ1) is 13.6. The van der Waals surface area contributed by atoms with Crippen molar-refractivity contribution in [1.82, 2.24) is 9.78 Å². The van der Waals surface area contributed by atoms with Crippen molar-refractivity contribution in [2.45, 2.75) is 26.7 Å². The number of rotatable bonds is 5. The molecule has 1 amide bonds. The highest BCUT2D eigenvalue weighted by atomic mass is 32.1. The molecule has 3 N–H and O–H groups in total. The predicted octanol–water partition coefficient (Wildman–Crippen LogP) is 1.37. The molecule has 0 aliphatic heterocycles. The molecule has 0 aromatic carbocycles. The zero-order valence-electron chi connectivity index (χ0n) is 10.4. The maximum Gasteiger partial charge on any atom is 0.234 e. The molecule has 1 atom stereocenters. The SMILES string of the molecule is CCCC(C(=O)Nc1cn(C)nc1C)C(N)=S. The van der Waals surface area contributed by atoms with Crippen LogP contribution in [0.3, 0.4) is 0 Å². The van der Waals surface area contributed by atoms with Crippen molar-refractivity contribution in [1.29, 1.82) is 0 Å². The van der Waals surface area contributed by atoms with Gasteiger partial charge in [-0.25, -0.2) is 0 Å². The second-order valence-corrected chi connectivity index (χ2v) is 4.51. The van der Waals surface area contributed by atoms with Crippen molar-refractivity contribution in [3.63, 3.8) is 0 Å². The number of carbonyl (C=O) groups is 1. The van der Waals surface area contributed by atoms with E-state index in [-0.39, 0.29) is 10.9 Å². The molecule has 94 valence electrons. The van der Waals surface area contributed by atoms with Gasteiger partial charge in [-0.2, -0.15) is 5.10 Å². The van der Waals surface area contributed by atoms with Crippen LogP contribution in [-0.4, -0.2) is 20.7 Å². The fraction of sp³-hybridized carbons (Fsp3) is 0.545. The van der Waals surface area contributed by atoms with Gasteiger partial charge in [-0.1, -0.05) is 25.6 Å². The Morgan fingerprint density at radius 2 is 2.35 bits per heavy atom. The minimum atomic E-state index is -0.408. The van der Waals surface area contributed by atoms with E-state index in [0.29, 0.717) is 12.1 Å². The van der Waals surface area contributed by atoms with Gasteiger partial charge in [0.05, 0.1) is 22.3 Å². The number of thiocarbonyl (C=S) groups is 1. The molecule has 0 aliphatic rings. The zero-order valence-corrected chi connectivity index (χ0v) is 11.2. The fourth-order valence-electron chi connectivity index (χ4n) is 1.63. The first-order valence-corrected chi connectivity index (χ1v) is 5.97. The zero-order chi connectivity index (χ0) is 13.0. The molecule has 1 heterocycles. The molecule has 1 unspecified atom stereocenters. The maximum absolute atomic E-state index is 12.0. The third kappa shape index (κ3) is 3.52. The molecule has 0 saturated heterocycles. The van der Waals surface area contributed by atoms with Gasteiger partial charge in [0.25, 0.3) is 0 Å². The van der Waals surface area contributed by atoms with Gasteiger partial charge >= 0.3 is 0 Å². The Morgan fingerprint density at radius 1 is 1.71 bits per heavy atom. The lowest BCUT2D eigenvalue weighted by Crippen LogP contribution is -2.33. The molecule has 5 nitrogen and oxygen atoms in total. The normalized spacial score (nSPS) is 12.2. The van der Waals surface area contributed by atoms with Gasteiger partial charge in [0.2, 0.25) is 5.91 Å². The Morgan fingerprint density at radius 3 is 2.76 bits per heavy atom. The van der Waals surface area contributed by atoms with Crippen molar-refractivity contribution in [3.8, 4) is 0 Å². The minimum absolute atomic E-state index is 0.157. The lowest BCUT2D eigenvalue weighted by Gasteiger charge is -2.13. The van der Waals surface area contributed by atoms with Gasteiger partial charge in [-0.15, -0.1) is 0 Å². The van der Waals surface area contributed by atoms with E-state index in [1.54, 1.807) is 17.9 Å². The summed E-state index contributed by atoms with van der Waals surface area (Å²) in [6.45, 7) is 3.83. The molecule has 0 radical (unpaired) electrons. The second-order valence-electron chi connectivity index (χ2n) is 4.03. The number of hydrogen-bond acceptors (Lipinski definition) is 3. The van der Waals surface area contributed by atoms with Crippen molar-refractivity contribution >= 4 is 28.8 Å². The molecule has 1 aromatic rings. The molecule has 1 rings (SSSR count). The lowest BCUT2D eigenvalue weighted by atomic mass is 10.0. The van der Waals surface area contributed by atoms with Crippen LogP contribution in [0.1, 0.15) is 25.5 Å². The van der Waals surface area contributed by atoms with Crippen molar-refractivity contribution in [2.75, 3.05) is 5.32 Å². The lowest BCUT2D eigenvalue weighted by molar-refractivity contribution is -0.118. The molecular formula is C11H18N4OS. The van der Waals surface area contributed by atoms with E-state index < -0.39 is 5.92 Å². The topological polar surface area (TPSA) is 72.9 Å². The maximum atomic E-state index is 12.0. The Kier molecular flexibility index (Phi) is 4.62. The van der Waals surface area contributed by atoms with Crippen molar-refractivity contribution < 1.29 is 4.79 Å². The van der Waals surface area contributed by atoms with Crippen molar-refractivity contribution in [3.05, 3.63) is 11.9 Å². The number of anilines is 1. The number of nitrogens with two attached hydrogens (primary N) is 1. The number of nitrogens with one attached hydrogen (secondary N) is 1. The number of amides is 1. The van der Waals surface area contributed by atoms with Crippen LogP contribution >= 0.6 is 12.2 Å². The molecule has 6 heteroatoms. The number of hydrogen-bond donors (Lipinski definition) is 2. The summed E-state index contributed by atoms with van der Waals surface area (Å²) in [5.41, 5.74) is 7.05. The summed E-state index contributed by atoms with van der Waals surface area (Å²) in [4.78, 5) is 12.2. The standard InChI is InChI=1S/C11H18N4OS/c1-4-5-8(10(12)17)11(16)13-9-6-15(3)14-7(9)2/h6,8H,4-5H2,1-3H3,(H2,12,17)(H,13,16). The van der Waals surface area contributed by atoms with Crippen LogP contribution in [-0.2, 0) is 11.8 Å². The summed E-state index contributed by atoms with van der Waals surface area (Å²) in [5, 5.41) is 6.96. The minimum Gasteiger partial charge on any atom is -0.393 e. The third-order valence-corrected chi connectivity index (χ3v) is 2.79. The Balaban J connectivity index is 2.76. The summed E-state index contributed by atoms with van der Waals surface area (Å²) in [5.74, 6) is -0.565. The smallest absolute Gasteiger partial charge is 0.234 e. The van der Waals surface area contributed by atoms with Gasteiger partial charge in [-0.05, 0) is 13.3 Å². The van der Waals surface area contributed by atoms with Gasteiger partial charge < -0.3 is 11.1 Å². The Hall–Kier alpha value is -1.43. The molecule has 0 spiro atoms. The van der Waals surface area contributed by atoms with E-state index in [1.165, 1.54) is 0 Å². The monoisotopic (exact) mass is 254 g/mol. The van der Waals surface area contributed by atoms with Crippen LogP contribution in [0.2, 0.25) is 0 Å². The Bertz CT molecular complexity index is 427. The first-order chi connectivity index (χ1) is 7.95. The molecule has 0 fully saturated rings. The first-order valence-electron chi connectivity index (χ1n) is 5.56. The number of carbonyl (C=O) groups excluding carboxylic acids is 1. The molecular weight excluding hydrogens is 236 g/mol. The summed E-state index contributed by atoms with van der Waals surface area (Å²) in [6, 6.07) is 0. The van der Waals surface area contributed by atoms with Gasteiger partial charge in [0, 0.05) is 13.2 Å². The number of aromatic nitrogens is 2. The van der Waals surface area contributed by atoms with Gasteiger partial charge in [0.15, 0.2) is 0 Å². The van der Waals surface area contributed by atoms with Gasteiger partial charge in [-0.3, -0.25) is 9.48 Å².